The zero-order chi connectivity index (χ0) is 19.1. The number of hydrogen-bond acceptors (Lipinski definition) is 3. The lowest BCUT2D eigenvalue weighted by molar-refractivity contribution is -0.140. The van der Waals surface area contributed by atoms with E-state index in [-0.39, 0.29) is 28.6 Å². The van der Waals surface area contributed by atoms with Crippen LogP contribution in [-0.4, -0.2) is 17.9 Å². The minimum Gasteiger partial charge on any atom is -0.478 e. The molecular formula is C17H12F4N2O3. The second-order valence-corrected chi connectivity index (χ2v) is 5.58. The highest BCUT2D eigenvalue weighted by atomic mass is 19.4. The molecule has 1 unspecified atom stereocenters. The van der Waals surface area contributed by atoms with Crippen molar-refractivity contribution in [1.29, 1.82) is 0 Å². The summed E-state index contributed by atoms with van der Waals surface area (Å²) in [6, 6.07) is 6.55. The van der Waals surface area contributed by atoms with Gasteiger partial charge in [0.2, 0.25) is 0 Å². The fourth-order valence-corrected chi connectivity index (χ4v) is 2.42. The maximum Gasteiger partial charge on any atom is 0.419 e. The first-order chi connectivity index (χ1) is 12.2. The van der Waals surface area contributed by atoms with E-state index in [0.29, 0.717) is 12.1 Å². The first kappa shape index (κ1) is 17.7. The fourth-order valence-electron chi connectivity index (χ4n) is 2.42. The maximum atomic E-state index is 13.3. The summed E-state index contributed by atoms with van der Waals surface area (Å²) in [6.45, 7) is 1.49. The molecule has 0 saturated carbocycles. The van der Waals surface area contributed by atoms with Crippen LogP contribution in [0.25, 0.3) is 0 Å². The van der Waals surface area contributed by atoms with Crippen LogP contribution < -0.4 is 15.4 Å². The quantitative estimate of drug-likeness (QED) is 0.792. The SMILES string of the molecule is CC1Oc2c(cccc2C(=O)Nc2ccc(F)c(C(F)(F)F)c2)NC1=O. The third kappa shape index (κ3) is 3.32. The molecular weight excluding hydrogens is 356 g/mol. The van der Waals surface area contributed by atoms with E-state index in [9.17, 15) is 27.2 Å². The summed E-state index contributed by atoms with van der Waals surface area (Å²) in [5, 5.41) is 4.84. The van der Waals surface area contributed by atoms with Crippen LogP contribution in [0.5, 0.6) is 5.75 Å². The average Bonchev–Trinajstić information content (AvgIpc) is 2.56. The molecule has 3 rings (SSSR count). The lowest BCUT2D eigenvalue weighted by Crippen LogP contribution is -2.35. The standard InChI is InChI=1S/C17H12F4N2O3/c1-8-15(24)23-13-4-2-3-10(14(13)26-8)16(25)22-9-5-6-12(18)11(7-9)17(19,20)21/h2-8H,1H3,(H,22,25)(H,23,24). The van der Waals surface area contributed by atoms with Crippen molar-refractivity contribution in [2.45, 2.75) is 19.2 Å². The Kier molecular flexibility index (Phi) is 4.31. The second-order valence-electron chi connectivity index (χ2n) is 5.58. The van der Waals surface area contributed by atoms with Crippen molar-refractivity contribution in [2.75, 3.05) is 10.6 Å². The second kappa shape index (κ2) is 6.32. The van der Waals surface area contributed by atoms with Crippen molar-refractivity contribution in [2.24, 2.45) is 0 Å². The molecule has 1 atom stereocenters. The molecule has 2 amide bonds. The predicted molar refractivity (Wildman–Crippen MR) is 84.5 cm³/mol. The fraction of sp³-hybridized carbons (Fsp3) is 0.176. The van der Waals surface area contributed by atoms with Crippen LogP contribution in [0.2, 0.25) is 0 Å². The van der Waals surface area contributed by atoms with Gasteiger partial charge in [-0.1, -0.05) is 6.07 Å². The van der Waals surface area contributed by atoms with Gasteiger partial charge in [-0.2, -0.15) is 13.2 Å². The van der Waals surface area contributed by atoms with E-state index in [1.165, 1.54) is 25.1 Å². The van der Waals surface area contributed by atoms with Crippen molar-refractivity contribution in [3.05, 3.63) is 53.3 Å². The first-order valence-electron chi connectivity index (χ1n) is 7.45. The number of alkyl halides is 3. The molecule has 0 spiro atoms. The zero-order valence-corrected chi connectivity index (χ0v) is 13.3. The number of para-hydroxylation sites is 1. The monoisotopic (exact) mass is 368 g/mol. The van der Waals surface area contributed by atoms with Crippen molar-refractivity contribution < 1.29 is 31.9 Å². The molecule has 9 heteroatoms. The number of anilines is 2. The van der Waals surface area contributed by atoms with Gasteiger partial charge in [-0.25, -0.2) is 4.39 Å². The van der Waals surface area contributed by atoms with Gasteiger partial charge in [0.25, 0.3) is 11.8 Å². The Hall–Kier alpha value is -3.10. The van der Waals surface area contributed by atoms with Crippen LogP contribution in [0.4, 0.5) is 28.9 Å². The minimum atomic E-state index is -4.89. The van der Waals surface area contributed by atoms with Crippen LogP contribution in [0.3, 0.4) is 0 Å². The van der Waals surface area contributed by atoms with Gasteiger partial charge in [-0.3, -0.25) is 9.59 Å². The molecule has 26 heavy (non-hydrogen) atoms. The number of halogens is 4. The number of benzene rings is 2. The number of nitrogens with one attached hydrogen (secondary N) is 2. The topological polar surface area (TPSA) is 67.4 Å². The molecule has 0 saturated heterocycles. The molecule has 2 aromatic rings. The van der Waals surface area contributed by atoms with E-state index in [2.05, 4.69) is 10.6 Å². The molecule has 2 aromatic carbocycles. The number of carbonyl (C=O) groups excluding carboxylic acids is 2. The smallest absolute Gasteiger partial charge is 0.419 e. The molecule has 1 heterocycles. The van der Waals surface area contributed by atoms with Gasteiger partial charge in [0, 0.05) is 5.69 Å². The molecule has 0 fully saturated rings. The van der Waals surface area contributed by atoms with Crippen LogP contribution >= 0.6 is 0 Å². The normalized spacial score (nSPS) is 16.3. The Morgan fingerprint density at radius 2 is 1.96 bits per heavy atom. The van der Waals surface area contributed by atoms with Crippen LogP contribution in [0.15, 0.2) is 36.4 Å². The van der Waals surface area contributed by atoms with Crippen LogP contribution in [0.1, 0.15) is 22.8 Å². The Balaban J connectivity index is 1.91. The van der Waals surface area contributed by atoms with Gasteiger partial charge in [-0.15, -0.1) is 0 Å². The average molecular weight is 368 g/mol. The third-order valence-electron chi connectivity index (χ3n) is 3.71. The van der Waals surface area contributed by atoms with E-state index >= 15 is 0 Å². The van der Waals surface area contributed by atoms with Gasteiger partial charge >= 0.3 is 6.18 Å². The number of ether oxygens (including phenoxy) is 1. The van der Waals surface area contributed by atoms with Gasteiger partial charge in [0.1, 0.15) is 5.82 Å². The summed E-state index contributed by atoms with van der Waals surface area (Å²) in [4.78, 5) is 24.1. The highest BCUT2D eigenvalue weighted by Crippen LogP contribution is 2.35. The summed E-state index contributed by atoms with van der Waals surface area (Å²) in [7, 11) is 0. The van der Waals surface area contributed by atoms with Crippen molar-refractivity contribution >= 4 is 23.2 Å². The summed E-state index contributed by atoms with van der Waals surface area (Å²) in [5.74, 6) is -2.48. The predicted octanol–water partition coefficient (Wildman–Crippen LogP) is 3.82. The Labute approximate surface area is 145 Å². The van der Waals surface area contributed by atoms with Crippen molar-refractivity contribution in [3.8, 4) is 5.75 Å². The number of hydrogen-bond donors (Lipinski definition) is 2. The molecule has 5 nitrogen and oxygen atoms in total. The Bertz CT molecular complexity index is 896. The van der Waals surface area contributed by atoms with E-state index < -0.39 is 29.6 Å². The van der Waals surface area contributed by atoms with Crippen LogP contribution in [-0.2, 0) is 11.0 Å². The summed E-state index contributed by atoms with van der Waals surface area (Å²) in [6.07, 6.45) is -5.72. The highest BCUT2D eigenvalue weighted by Gasteiger charge is 2.34. The largest absolute Gasteiger partial charge is 0.478 e. The Morgan fingerprint density at radius 3 is 2.65 bits per heavy atom. The Morgan fingerprint density at radius 1 is 1.23 bits per heavy atom. The molecule has 1 aliphatic heterocycles. The van der Waals surface area contributed by atoms with E-state index in [1.807, 2.05) is 0 Å². The number of carbonyl (C=O) groups is 2. The third-order valence-corrected chi connectivity index (χ3v) is 3.71. The number of fused-ring (bicyclic) bond motifs is 1. The van der Waals surface area contributed by atoms with Gasteiger partial charge in [0.15, 0.2) is 11.9 Å². The van der Waals surface area contributed by atoms with Gasteiger partial charge in [0.05, 0.1) is 16.8 Å². The zero-order valence-electron chi connectivity index (χ0n) is 13.3. The number of amides is 2. The van der Waals surface area contributed by atoms with Crippen molar-refractivity contribution in [1.82, 2.24) is 0 Å². The summed E-state index contributed by atoms with van der Waals surface area (Å²) < 4.78 is 57.1. The summed E-state index contributed by atoms with van der Waals surface area (Å²) >= 11 is 0. The number of rotatable bonds is 2. The molecule has 0 aromatic heterocycles. The van der Waals surface area contributed by atoms with Gasteiger partial charge < -0.3 is 15.4 Å². The minimum absolute atomic E-state index is 0.0206. The first-order valence-corrected chi connectivity index (χ1v) is 7.45. The lowest BCUT2D eigenvalue weighted by Gasteiger charge is -2.25. The molecule has 0 radical (unpaired) electrons. The van der Waals surface area contributed by atoms with Crippen LogP contribution in [0, 0.1) is 5.82 Å². The molecule has 136 valence electrons. The van der Waals surface area contributed by atoms with Gasteiger partial charge in [-0.05, 0) is 37.3 Å². The van der Waals surface area contributed by atoms with E-state index in [0.717, 1.165) is 6.07 Å². The van der Waals surface area contributed by atoms with E-state index in [4.69, 9.17) is 4.74 Å². The van der Waals surface area contributed by atoms with Crippen molar-refractivity contribution in [3.63, 3.8) is 0 Å². The summed E-state index contributed by atoms with van der Waals surface area (Å²) in [5.41, 5.74) is -1.42. The molecule has 1 aliphatic rings. The highest BCUT2D eigenvalue weighted by molar-refractivity contribution is 6.09. The molecule has 2 N–H and O–H groups in total. The molecule has 0 aliphatic carbocycles. The lowest BCUT2D eigenvalue weighted by atomic mass is 10.1. The van der Waals surface area contributed by atoms with E-state index in [1.54, 1.807) is 0 Å². The maximum absolute atomic E-state index is 13.3. The molecule has 0 bridgehead atoms.